The first kappa shape index (κ1) is 11.1. The summed E-state index contributed by atoms with van der Waals surface area (Å²) in [7, 11) is 0. The Kier molecular flexibility index (Phi) is 3.70. The summed E-state index contributed by atoms with van der Waals surface area (Å²) in [5, 5.41) is 11.3. The zero-order valence-corrected chi connectivity index (χ0v) is 9.15. The Bertz CT molecular complexity index is 481. The van der Waals surface area contributed by atoms with Crippen LogP contribution in [-0.4, -0.2) is 16.4 Å². The predicted molar refractivity (Wildman–Crippen MR) is 64.4 cm³/mol. The van der Waals surface area contributed by atoms with Gasteiger partial charge in [-0.3, -0.25) is 4.98 Å². The number of hydrogen-bond donors (Lipinski definition) is 1. The Labute approximate surface area is 99.2 Å². The molecular formula is C13H12N2O2. The molecule has 0 saturated carbocycles. The Morgan fingerprint density at radius 3 is 2.47 bits per heavy atom. The van der Waals surface area contributed by atoms with Crippen LogP contribution in [0, 0.1) is 0 Å². The standard InChI is InChI=1S/C13H12N2O2/c16-15-9-11-1-3-13(4-2-11)17-10-12-5-7-14-8-6-12/h1-9,16H,10H2/b15-9-. The maximum Gasteiger partial charge on any atom is 0.119 e. The number of pyridine rings is 1. The lowest BCUT2D eigenvalue weighted by Crippen LogP contribution is -1.95. The average molecular weight is 228 g/mol. The van der Waals surface area contributed by atoms with Crippen molar-refractivity contribution >= 4 is 6.21 Å². The molecule has 4 heteroatoms. The first-order chi connectivity index (χ1) is 8.38. The molecule has 0 unspecified atom stereocenters. The van der Waals surface area contributed by atoms with Crippen LogP contribution in [0.15, 0.2) is 53.9 Å². The highest BCUT2D eigenvalue weighted by molar-refractivity contribution is 5.79. The summed E-state index contributed by atoms with van der Waals surface area (Å²) in [4.78, 5) is 3.94. The molecule has 17 heavy (non-hydrogen) atoms. The van der Waals surface area contributed by atoms with E-state index in [-0.39, 0.29) is 0 Å². The quantitative estimate of drug-likeness (QED) is 0.497. The lowest BCUT2D eigenvalue weighted by Gasteiger charge is -2.05. The highest BCUT2D eigenvalue weighted by Crippen LogP contribution is 2.13. The van der Waals surface area contributed by atoms with Gasteiger partial charge in [0.15, 0.2) is 0 Å². The number of aromatic nitrogens is 1. The van der Waals surface area contributed by atoms with Crippen LogP contribution < -0.4 is 4.74 Å². The van der Waals surface area contributed by atoms with Crippen LogP contribution in [0.1, 0.15) is 11.1 Å². The van der Waals surface area contributed by atoms with E-state index in [4.69, 9.17) is 9.94 Å². The van der Waals surface area contributed by atoms with Gasteiger partial charge in [0.2, 0.25) is 0 Å². The van der Waals surface area contributed by atoms with Gasteiger partial charge in [-0.25, -0.2) is 0 Å². The van der Waals surface area contributed by atoms with Gasteiger partial charge in [-0.1, -0.05) is 5.16 Å². The molecule has 0 radical (unpaired) electrons. The number of nitrogens with zero attached hydrogens (tertiary/aromatic N) is 2. The fraction of sp³-hybridized carbons (Fsp3) is 0.0769. The summed E-state index contributed by atoms with van der Waals surface area (Å²) in [6.45, 7) is 0.510. The second kappa shape index (κ2) is 5.65. The Balaban J connectivity index is 1.95. The van der Waals surface area contributed by atoms with E-state index in [1.807, 2.05) is 36.4 Å². The molecule has 0 aliphatic carbocycles. The molecule has 0 atom stereocenters. The third-order valence-corrected chi connectivity index (χ3v) is 2.24. The van der Waals surface area contributed by atoms with Crippen LogP contribution in [0.3, 0.4) is 0 Å². The van der Waals surface area contributed by atoms with Gasteiger partial charge >= 0.3 is 0 Å². The SMILES string of the molecule is O/N=C\c1ccc(OCc2ccncc2)cc1. The topological polar surface area (TPSA) is 54.7 Å². The predicted octanol–water partition coefficient (Wildman–Crippen LogP) is 2.47. The molecule has 1 aromatic heterocycles. The highest BCUT2D eigenvalue weighted by Gasteiger charge is 1.95. The molecule has 1 N–H and O–H groups in total. The molecule has 1 heterocycles. The van der Waals surface area contributed by atoms with Gasteiger partial charge in [-0.2, -0.15) is 0 Å². The van der Waals surface area contributed by atoms with Crippen molar-refractivity contribution in [2.45, 2.75) is 6.61 Å². The molecule has 4 nitrogen and oxygen atoms in total. The summed E-state index contributed by atoms with van der Waals surface area (Å²) in [6, 6.07) is 11.1. The van der Waals surface area contributed by atoms with Gasteiger partial charge in [-0.15, -0.1) is 0 Å². The van der Waals surface area contributed by atoms with Crippen LogP contribution in [-0.2, 0) is 6.61 Å². The molecule has 0 aliphatic rings. The van der Waals surface area contributed by atoms with Crippen LogP contribution >= 0.6 is 0 Å². The zero-order chi connectivity index (χ0) is 11.9. The minimum Gasteiger partial charge on any atom is -0.489 e. The Morgan fingerprint density at radius 1 is 1.12 bits per heavy atom. The second-order valence-corrected chi connectivity index (χ2v) is 3.46. The van der Waals surface area contributed by atoms with E-state index in [0.29, 0.717) is 6.61 Å². The van der Waals surface area contributed by atoms with Gasteiger partial charge in [0.05, 0.1) is 6.21 Å². The molecule has 2 rings (SSSR count). The fourth-order valence-corrected chi connectivity index (χ4v) is 1.36. The van der Waals surface area contributed by atoms with Crippen molar-refractivity contribution in [2.75, 3.05) is 0 Å². The van der Waals surface area contributed by atoms with E-state index >= 15 is 0 Å². The smallest absolute Gasteiger partial charge is 0.119 e. The Morgan fingerprint density at radius 2 is 1.82 bits per heavy atom. The van der Waals surface area contributed by atoms with E-state index in [1.54, 1.807) is 12.4 Å². The lowest BCUT2D eigenvalue weighted by molar-refractivity contribution is 0.306. The van der Waals surface area contributed by atoms with E-state index in [9.17, 15) is 0 Å². The fourth-order valence-electron chi connectivity index (χ4n) is 1.36. The third kappa shape index (κ3) is 3.31. The van der Waals surface area contributed by atoms with Crippen molar-refractivity contribution in [3.8, 4) is 5.75 Å². The zero-order valence-electron chi connectivity index (χ0n) is 9.15. The number of rotatable bonds is 4. The molecule has 0 aliphatic heterocycles. The highest BCUT2D eigenvalue weighted by atomic mass is 16.5. The molecule has 1 aromatic carbocycles. The molecule has 0 saturated heterocycles. The van der Waals surface area contributed by atoms with E-state index in [2.05, 4.69) is 10.1 Å². The number of benzene rings is 1. The van der Waals surface area contributed by atoms with Gasteiger partial charge in [0.1, 0.15) is 12.4 Å². The van der Waals surface area contributed by atoms with E-state index in [0.717, 1.165) is 16.9 Å². The van der Waals surface area contributed by atoms with Crippen LogP contribution in [0.4, 0.5) is 0 Å². The van der Waals surface area contributed by atoms with Crippen molar-refractivity contribution in [1.29, 1.82) is 0 Å². The monoisotopic (exact) mass is 228 g/mol. The number of oxime groups is 1. The summed E-state index contributed by atoms with van der Waals surface area (Å²) in [5.74, 6) is 0.775. The minimum atomic E-state index is 0.510. The largest absolute Gasteiger partial charge is 0.489 e. The summed E-state index contributed by atoms with van der Waals surface area (Å²) < 4.78 is 5.59. The number of ether oxygens (including phenoxy) is 1. The van der Waals surface area contributed by atoms with Crippen molar-refractivity contribution in [3.05, 3.63) is 59.9 Å². The van der Waals surface area contributed by atoms with Gasteiger partial charge in [0, 0.05) is 12.4 Å². The molecule has 2 aromatic rings. The van der Waals surface area contributed by atoms with Crippen molar-refractivity contribution in [2.24, 2.45) is 5.16 Å². The molecule has 0 spiro atoms. The third-order valence-electron chi connectivity index (χ3n) is 2.24. The van der Waals surface area contributed by atoms with Gasteiger partial charge in [-0.05, 0) is 47.5 Å². The van der Waals surface area contributed by atoms with Crippen molar-refractivity contribution in [1.82, 2.24) is 4.98 Å². The minimum absolute atomic E-state index is 0.510. The first-order valence-corrected chi connectivity index (χ1v) is 5.18. The Hall–Kier alpha value is -2.36. The molecule has 0 bridgehead atoms. The summed E-state index contributed by atoms with van der Waals surface area (Å²) in [6.07, 6.45) is 4.84. The number of hydrogen-bond acceptors (Lipinski definition) is 4. The maximum absolute atomic E-state index is 8.37. The first-order valence-electron chi connectivity index (χ1n) is 5.18. The van der Waals surface area contributed by atoms with Gasteiger partial charge < -0.3 is 9.94 Å². The van der Waals surface area contributed by atoms with E-state index < -0.39 is 0 Å². The normalized spacial score (nSPS) is 10.6. The van der Waals surface area contributed by atoms with Crippen LogP contribution in [0.5, 0.6) is 5.75 Å². The van der Waals surface area contributed by atoms with Crippen LogP contribution in [0.2, 0.25) is 0 Å². The average Bonchev–Trinajstić information content (AvgIpc) is 2.40. The lowest BCUT2D eigenvalue weighted by atomic mass is 10.2. The second-order valence-electron chi connectivity index (χ2n) is 3.46. The van der Waals surface area contributed by atoms with Crippen LogP contribution in [0.25, 0.3) is 0 Å². The summed E-state index contributed by atoms with van der Waals surface area (Å²) >= 11 is 0. The molecule has 0 fully saturated rings. The summed E-state index contributed by atoms with van der Waals surface area (Å²) in [5.41, 5.74) is 1.89. The van der Waals surface area contributed by atoms with E-state index in [1.165, 1.54) is 6.21 Å². The molecule has 0 amide bonds. The van der Waals surface area contributed by atoms with Gasteiger partial charge in [0.25, 0.3) is 0 Å². The maximum atomic E-state index is 8.37. The van der Waals surface area contributed by atoms with Crippen molar-refractivity contribution in [3.63, 3.8) is 0 Å². The molecular weight excluding hydrogens is 216 g/mol. The molecule has 86 valence electrons. The van der Waals surface area contributed by atoms with Crippen molar-refractivity contribution < 1.29 is 9.94 Å².